The van der Waals surface area contributed by atoms with Crippen molar-refractivity contribution in [1.82, 2.24) is 4.98 Å². The third-order valence-corrected chi connectivity index (χ3v) is 11.0. The third-order valence-electron chi connectivity index (χ3n) is 6.55. The lowest BCUT2D eigenvalue weighted by Gasteiger charge is -2.36. The Morgan fingerprint density at radius 1 is 1.00 bits per heavy atom. The lowest BCUT2D eigenvalue weighted by Crippen LogP contribution is -2.41. The summed E-state index contributed by atoms with van der Waals surface area (Å²) >= 11 is 0. The summed E-state index contributed by atoms with van der Waals surface area (Å²) in [5.41, 5.74) is 4.12. The Labute approximate surface area is 192 Å². The number of pyridine rings is 1. The molecule has 2 aromatic carbocycles. The molecule has 0 bridgehead atoms. The Bertz CT molecular complexity index is 1050. The van der Waals surface area contributed by atoms with E-state index in [2.05, 4.69) is 63.1 Å². The zero-order chi connectivity index (χ0) is 22.8. The topological polar surface area (TPSA) is 43.7 Å². The van der Waals surface area contributed by atoms with E-state index in [9.17, 15) is 0 Å². The molecule has 166 valence electrons. The van der Waals surface area contributed by atoms with Gasteiger partial charge in [0.15, 0.2) is 19.9 Å². The van der Waals surface area contributed by atoms with Crippen LogP contribution < -0.4 is 4.74 Å². The Hall–Kier alpha value is -2.76. The Balaban J connectivity index is 1.67. The van der Waals surface area contributed by atoms with Gasteiger partial charge in [-0.25, -0.2) is 9.98 Å². The first-order valence-electron chi connectivity index (χ1n) is 11.2. The molecule has 2 heterocycles. The predicted molar refractivity (Wildman–Crippen MR) is 134 cm³/mol. The van der Waals surface area contributed by atoms with Crippen LogP contribution in [0.3, 0.4) is 0 Å². The summed E-state index contributed by atoms with van der Waals surface area (Å²) in [6, 6.07) is 22.5. The van der Waals surface area contributed by atoms with E-state index in [1.54, 1.807) is 0 Å². The average Bonchev–Trinajstić information content (AvgIpc) is 3.20. The molecule has 0 spiro atoms. The highest BCUT2D eigenvalue weighted by Crippen LogP contribution is 2.42. The number of hydrogen-bond acceptors (Lipinski definition) is 4. The molecule has 1 unspecified atom stereocenters. The fraction of sp³-hybridized carbons (Fsp3) is 0.333. The van der Waals surface area contributed by atoms with Crippen LogP contribution in [0.4, 0.5) is 5.82 Å². The van der Waals surface area contributed by atoms with E-state index in [4.69, 9.17) is 14.2 Å². The minimum absolute atomic E-state index is 0.184. The van der Waals surface area contributed by atoms with Crippen molar-refractivity contribution in [3.05, 3.63) is 89.6 Å². The Morgan fingerprint density at radius 2 is 1.59 bits per heavy atom. The smallest absolute Gasteiger partial charge is 0.195 e. The van der Waals surface area contributed by atoms with Crippen molar-refractivity contribution in [3.63, 3.8) is 0 Å². The maximum Gasteiger partial charge on any atom is 0.195 e. The maximum atomic E-state index is 6.50. The Kier molecular flexibility index (Phi) is 6.31. The predicted octanol–water partition coefficient (Wildman–Crippen LogP) is 6.75. The summed E-state index contributed by atoms with van der Waals surface area (Å²) in [6.45, 7) is 12.7. The summed E-state index contributed by atoms with van der Waals surface area (Å²) in [5.74, 6) is 1.61. The number of ether oxygens (including phenoxy) is 1. The van der Waals surface area contributed by atoms with Crippen molar-refractivity contribution in [3.8, 4) is 5.75 Å². The van der Waals surface area contributed by atoms with Crippen LogP contribution in [0.1, 0.15) is 43.4 Å². The van der Waals surface area contributed by atoms with Gasteiger partial charge in [-0.3, -0.25) is 0 Å². The van der Waals surface area contributed by atoms with Crippen LogP contribution in [0, 0.1) is 0 Å². The molecule has 0 fully saturated rings. The number of aliphatic imine (C=N–C) groups is 1. The summed E-state index contributed by atoms with van der Waals surface area (Å²) in [7, 11) is -1.82. The van der Waals surface area contributed by atoms with Gasteiger partial charge in [0.2, 0.25) is 0 Å². The van der Waals surface area contributed by atoms with Crippen molar-refractivity contribution in [2.24, 2.45) is 4.99 Å². The van der Waals surface area contributed by atoms with Gasteiger partial charge in [-0.1, -0.05) is 81.4 Å². The van der Waals surface area contributed by atoms with Crippen LogP contribution in [0.2, 0.25) is 18.1 Å². The van der Waals surface area contributed by atoms with E-state index in [0.29, 0.717) is 19.0 Å². The minimum atomic E-state index is -1.82. The second-order valence-electron chi connectivity index (χ2n) is 9.82. The van der Waals surface area contributed by atoms with Crippen molar-refractivity contribution >= 4 is 19.8 Å². The van der Waals surface area contributed by atoms with Crippen molar-refractivity contribution in [2.45, 2.75) is 44.8 Å². The van der Waals surface area contributed by atoms with Crippen LogP contribution in [0.5, 0.6) is 5.75 Å². The van der Waals surface area contributed by atoms with Gasteiger partial charge in [0, 0.05) is 35.4 Å². The van der Waals surface area contributed by atoms with Gasteiger partial charge in [-0.2, -0.15) is 0 Å². The number of fused-ring (bicyclic) bond motifs is 1. The van der Waals surface area contributed by atoms with Gasteiger partial charge in [0.25, 0.3) is 0 Å². The summed E-state index contributed by atoms with van der Waals surface area (Å²) < 4.78 is 12.6. The average molecular weight is 445 g/mol. The van der Waals surface area contributed by atoms with E-state index in [-0.39, 0.29) is 11.0 Å². The van der Waals surface area contributed by atoms with Crippen LogP contribution in [-0.2, 0) is 4.43 Å². The molecule has 0 saturated carbocycles. The zero-order valence-electron chi connectivity index (χ0n) is 19.6. The standard InChI is InChI=1S/C27H32N2O2Si/c1-27(2,3)32(4,5)31-19-22-18-30-25-23(22)16-17-28-26(25)29-24(20-12-8-6-9-13-20)21-14-10-7-11-15-21/h6-17,22H,18-19H2,1-5H3. The first-order valence-corrected chi connectivity index (χ1v) is 14.1. The maximum absolute atomic E-state index is 6.50. The molecule has 4 rings (SSSR count). The van der Waals surface area contributed by atoms with Gasteiger partial charge in [-0.15, -0.1) is 0 Å². The van der Waals surface area contributed by atoms with E-state index in [1.807, 2.05) is 48.7 Å². The van der Waals surface area contributed by atoms with Crippen LogP contribution >= 0.6 is 0 Å². The molecule has 0 N–H and O–H groups in total. The highest BCUT2D eigenvalue weighted by atomic mass is 28.4. The number of hydrogen-bond donors (Lipinski definition) is 0. The lowest BCUT2D eigenvalue weighted by molar-refractivity contribution is 0.232. The molecule has 0 radical (unpaired) electrons. The second kappa shape index (κ2) is 9.00. The highest BCUT2D eigenvalue weighted by Gasteiger charge is 2.38. The van der Waals surface area contributed by atoms with Crippen LogP contribution in [0.25, 0.3) is 0 Å². The molecule has 4 nitrogen and oxygen atoms in total. The van der Waals surface area contributed by atoms with E-state index in [0.717, 1.165) is 28.2 Å². The highest BCUT2D eigenvalue weighted by molar-refractivity contribution is 6.74. The monoisotopic (exact) mass is 444 g/mol. The Morgan fingerprint density at radius 3 is 2.16 bits per heavy atom. The quantitative estimate of drug-likeness (QED) is 0.312. The molecule has 0 saturated heterocycles. The molecule has 1 atom stereocenters. The van der Waals surface area contributed by atoms with Gasteiger partial charge in [0.1, 0.15) is 0 Å². The number of aromatic nitrogens is 1. The summed E-state index contributed by atoms with van der Waals surface area (Å²) in [4.78, 5) is 9.58. The van der Waals surface area contributed by atoms with Gasteiger partial charge < -0.3 is 9.16 Å². The van der Waals surface area contributed by atoms with E-state index in [1.165, 1.54) is 0 Å². The molecule has 32 heavy (non-hydrogen) atoms. The first-order chi connectivity index (χ1) is 15.3. The third kappa shape index (κ3) is 4.69. The first kappa shape index (κ1) is 22.4. The molecule has 5 heteroatoms. The fourth-order valence-electron chi connectivity index (χ4n) is 3.53. The SMILES string of the molecule is CC(C)(C)[Si](C)(C)OCC1COc2c1ccnc2N=C(c1ccccc1)c1ccccc1. The molecular weight excluding hydrogens is 412 g/mol. The molecule has 0 amide bonds. The molecular formula is C27H32N2O2Si. The summed E-state index contributed by atoms with van der Waals surface area (Å²) in [5, 5.41) is 0.184. The second-order valence-corrected chi connectivity index (χ2v) is 14.6. The normalized spacial score (nSPS) is 15.7. The van der Waals surface area contributed by atoms with Crippen molar-refractivity contribution < 1.29 is 9.16 Å². The molecule has 0 aliphatic carbocycles. The van der Waals surface area contributed by atoms with Crippen LogP contribution in [-0.4, -0.2) is 32.2 Å². The van der Waals surface area contributed by atoms with Gasteiger partial charge >= 0.3 is 0 Å². The molecule has 1 aliphatic rings. The van der Waals surface area contributed by atoms with Gasteiger partial charge in [0.05, 0.1) is 12.3 Å². The fourth-order valence-corrected chi connectivity index (χ4v) is 4.58. The molecule has 1 aromatic heterocycles. The number of rotatable bonds is 6. The van der Waals surface area contributed by atoms with Crippen molar-refractivity contribution in [1.29, 1.82) is 0 Å². The van der Waals surface area contributed by atoms with E-state index < -0.39 is 8.32 Å². The number of nitrogens with zero attached hydrogens (tertiary/aromatic N) is 2. The molecule has 3 aromatic rings. The summed E-state index contributed by atoms with van der Waals surface area (Å²) in [6.07, 6.45) is 1.83. The van der Waals surface area contributed by atoms with E-state index >= 15 is 0 Å². The minimum Gasteiger partial charge on any atom is -0.489 e. The largest absolute Gasteiger partial charge is 0.489 e. The lowest BCUT2D eigenvalue weighted by atomic mass is 10.0. The molecule has 1 aliphatic heterocycles. The zero-order valence-corrected chi connectivity index (χ0v) is 20.6. The van der Waals surface area contributed by atoms with Gasteiger partial charge in [-0.05, 0) is 24.2 Å². The van der Waals surface area contributed by atoms with Crippen molar-refractivity contribution in [2.75, 3.05) is 13.2 Å². The number of benzene rings is 2. The van der Waals surface area contributed by atoms with Crippen LogP contribution in [0.15, 0.2) is 77.9 Å².